The first-order valence-electron chi connectivity index (χ1n) is 9.19. The monoisotopic (exact) mass is 330 g/mol. The van der Waals surface area contributed by atoms with E-state index in [9.17, 15) is 4.79 Å². The number of hydrogen-bond acceptors (Lipinski definition) is 4. The molecule has 2 aliphatic heterocycles. The van der Waals surface area contributed by atoms with Gasteiger partial charge in [0.05, 0.1) is 6.54 Å². The Hall–Kier alpha value is -1.43. The van der Waals surface area contributed by atoms with Crippen molar-refractivity contribution in [1.29, 1.82) is 0 Å². The molecule has 2 aliphatic rings. The smallest absolute Gasteiger partial charge is 0.237 e. The van der Waals surface area contributed by atoms with E-state index >= 15 is 0 Å². The number of nitrogens with one attached hydrogen (secondary N) is 1. The van der Waals surface area contributed by atoms with Crippen LogP contribution in [0, 0.1) is 0 Å². The van der Waals surface area contributed by atoms with Crippen molar-refractivity contribution in [1.82, 2.24) is 20.0 Å². The maximum Gasteiger partial charge on any atom is 0.237 e. The maximum absolute atomic E-state index is 12.6. The molecule has 0 saturated carbocycles. The van der Waals surface area contributed by atoms with Crippen LogP contribution >= 0.6 is 0 Å². The van der Waals surface area contributed by atoms with Crippen molar-refractivity contribution in [2.45, 2.75) is 25.4 Å². The van der Waals surface area contributed by atoms with Crippen molar-refractivity contribution >= 4 is 5.91 Å². The highest BCUT2D eigenvalue weighted by molar-refractivity contribution is 5.79. The zero-order valence-corrected chi connectivity index (χ0v) is 14.8. The summed E-state index contributed by atoms with van der Waals surface area (Å²) in [4.78, 5) is 19.5. The van der Waals surface area contributed by atoms with Gasteiger partial charge in [-0.3, -0.25) is 14.6 Å². The molecule has 24 heavy (non-hydrogen) atoms. The molecule has 1 aromatic carbocycles. The van der Waals surface area contributed by atoms with Gasteiger partial charge in [0.1, 0.15) is 0 Å². The summed E-state index contributed by atoms with van der Waals surface area (Å²) in [5.41, 5.74) is 1.37. The molecule has 0 spiro atoms. The highest BCUT2D eigenvalue weighted by atomic mass is 16.2. The molecule has 0 radical (unpaired) electrons. The topological polar surface area (TPSA) is 38.8 Å². The van der Waals surface area contributed by atoms with Gasteiger partial charge in [-0.25, -0.2) is 0 Å². The molecule has 0 bridgehead atoms. The minimum atomic E-state index is 0.309. The first-order chi connectivity index (χ1) is 11.8. The molecule has 1 amide bonds. The summed E-state index contributed by atoms with van der Waals surface area (Å²) < 4.78 is 0. The van der Waals surface area contributed by atoms with Gasteiger partial charge in [-0.2, -0.15) is 0 Å². The third-order valence-electron chi connectivity index (χ3n) is 5.21. The zero-order valence-electron chi connectivity index (χ0n) is 14.8. The van der Waals surface area contributed by atoms with E-state index in [2.05, 4.69) is 50.3 Å². The molecular formula is C19H30N4O. The fourth-order valence-electron chi connectivity index (χ4n) is 3.84. The lowest BCUT2D eigenvalue weighted by Gasteiger charge is -2.35. The Morgan fingerprint density at radius 1 is 1.08 bits per heavy atom. The van der Waals surface area contributed by atoms with Gasteiger partial charge in [0.15, 0.2) is 0 Å². The highest BCUT2D eigenvalue weighted by Crippen LogP contribution is 2.17. The molecule has 1 N–H and O–H groups in total. The van der Waals surface area contributed by atoms with Gasteiger partial charge in [-0.05, 0) is 25.5 Å². The highest BCUT2D eigenvalue weighted by Gasteiger charge is 2.29. The van der Waals surface area contributed by atoms with E-state index in [0.29, 0.717) is 18.5 Å². The largest absolute Gasteiger partial charge is 0.337 e. The Morgan fingerprint density at radius 3 is 2.50 bits per heavy atom. The van der Waals surface area contributed by atoms with Crippen LogP contribution < -0.4 is 5.32 Å². The van der Waals surface area contributed by atoms with Gasteiger partial charge < -0.3 is 10.2 Å². The Labute approximate surface area is 145 Å². The molecule has 0 aromatic heterocycles. The van der Waals surface area contributed by atoms with Crippen LogP contribution in [-0.4, -0.2) is 79.5 Å². The van der Waals surface area contributed by atoms with Crippen LogP contribution in [0.4, 0.5) is 0 Å². The summed E-state index contributed by atoms with van der Waals surface area (Å²) in [6.07, 6.45) is 2.28. The number of benzene rings is 1. The number of hydrogen-bond donors (Lipinski definition) is 1. The number of rotatable bonds is 6. The Bertz CT molecular complexity index is 513. The summed E-state index contributed by atoms with van der Waals surface area (Å²) in [6.45, 7) is 7.50. The second-order valence-corrected chi connectivity index (χ2v) is 6.98. The lowest BCUT2D eigenvalue weighted by Crippen LogP contribution is -2.51. The van der Waals surface area contributed by atoms with Gasteiger partial charge in [0, 0.05) is 51.9 Å². The number of carbonyl (C=O) groups is 1. The van der Waals surface area contributed by atoms with Crippen LogP contribution in [0.3, 0.4) is 0 Å². The van der Waals surface area contributed by atoms with Crippen molar-refractivity contribution in [3.05, 3.63) is 35.9 Å². The third-order valence-corrected chi connectivity index (χ3v) is 5.21. The SMILES string of the molecule is CNCC1CCCN1C(=O)CN1CCN(Cc2ccccc2)CC1. The summed E-state index contributed by atoms with van der Waals surface area (Å²) in [6, 6.07) is 11.0. The van der Waals surface area contributed by atoms with Gasteiger partial charge in [0.2, 0.25) is 5.91 Å². The predicted octanol–water partition coefficient (Wildman–Crippen LogP) is 1.01. The van der Waals surface area contributed by atoms with Gasteiger partial charge in [0.25, 0.3) is 0 Å². The average Bonchev–Trinajstić information content (AvgIpc) is 3.06. The molecular weight excluding hydrogens is 300 g/mol. The van der Waals surface area contributed by atoms with Crippen LogP contribution in [0.2, 0.25) is 0 Å². The average molecular weight is 330 g/mol. The summed E-state index contributed by atoms with van der Waals surface area (Å²) in [7, 11) is 1.97. The normalized spacial score (nSPS) is 22.9. The molecule has 3 rings (SSSR count). The predicted molar refractivity (Wildman–Crippen MR) is 96.8 cm³/mol. The van der Waals surface area contributed by atoms with Crippen LogP contribution in [0.15, 0.2) is 30.3 Å². The Morgan fingerprint density at radius 2 is 1.79 bits per heavy atom. The summed E-state index contributed by atoms with van der Waals surface area (Å²) in [5, 5.41) is 3.21. The molecule has 1 unspecified atom stereocenters. The van der Waals surface area contributed by atoms with E-state index in [4.69, 9.17) is 0 Å². The maximum atomic E-state index is 12.6. The van der Waals surface area contributed by atoms with Crippen LogP contribution in [0.1, 0.15) is 18.4 Å². The van der Waals surface area contributed by atoms with Crippen molar-refractivity contribution in [3.8, 4) is 0 Å². The van der Waals surface area contributed by atoms with Crippen LogP contribution in [0.25, 0.3) is 0 Å². The second-order valence-electron chi connectivity index (χ2n) is 6.98. The van der Waals surface area contributed by atoms with Crippen molar-refractivity contribution in [2.24, 2.45) is 0 Å². The molecule has 2 fully saturated rings. The molecule has 1 aromatic rings. The number of likely N-dealkylation sites (tertiary alicyclic amines) is 1. The van der Waals surface area contributed by atoms with Crippen LogP contribution in [-0.2, 0) is 11.3 Å². The lowest BCUT2D eigenvalue weighted by molar-refractivity contribution is -0.133. The van der Waals surface area contributed by atoms with E-state index in [1.54, 1.807) is 0 Å². The van der Waals surface area contributed by atoms with E-state index in [1.165, 1.54) is 5.56 Å². The molecule has 1 atom stereocenters. The standard InChI is InChI=1S/C19H30N4O/c1-20-14-18-8-5-9-23(18)19(24)16-22-12-10-21(11-13-22)15-17-6-3-2-4-7-17/h2-4,6-7,18,20H,5,8-16H2,1H3. The molecule has 132 valence electrons. The van der Waals surface area contributed by atoms with Crippen molar-refractivity contribution < 1.29 is 4.79 Å². The zero-order chi connectivity index (χ0) is 16.8. The van der Waals surface area contributed by atoms with Crippen molar-refractivity contribution in [3.63, 3.8) is 0 Å². The number of nitrogens with zero attached hydrogens (tertiary/aromatic N) is 3. The first kappa shape index (κ1) is 17.4. The summed E-state index contributed by atoms with van der Waals surface area (Å²) in [5.74, 6) is 0.309. The van der Waals surface area contributed by atoms with E-state index in [0.717, 1.165) is 58.7 Å². The molecule has 2 saturated heterocycles. The second kappa shape index (κ2) is 8.60. The number of carbonyl (C=O) groups excluding carboxylic acids is 1. The fourth-order valence-corrected chi connectivity index (χ4v) is 3.84. The molecule has 5 nitrogen and oxygen atoms in total. The minimum Gasteiger partial charge on any atom is -0.337 e. The number of likely N-dealkylation sites (N-methyl/N-ethyl adjacent to an activating group) is 1. The third kappa shape index (κ3) is 4.56. The quantitative estimate of drug-likeness (QED) is 0.845. The van der Waals surface area contributed by atoms with Gasteiger partial charge in [-0.1, -0.05) is 30.3 Å². The van der Waals surface area contributed by atoms with Gasteiger partial charge in [-0.15, -0.1) is 0 Å². The van der Waals surface area contributed by atoms with Crippen LogP contribution in [0.5, 0.6) is 0 Å². The minimum absolute atomic E-state index is 0.309. The van der Waals surface area contributed by atoms with E-state index in [1.807, 2.05) is 7.05 Å². The fraction of sp³-hybridized carbons (Fsp3) is 0.632. The lowest BCUT2D eigenvalue weighted by atomic mass is 10.2. The Balaban J connectivity index is 1.42. The van der Waals surface area contributed by atoms with E-state index < -0.39 is 0 Å². The first-order valence-corrected chi connectivity index (χ1v) is 9.19. The molecule has 2 heterocycles. The number of amides is 1. The Kier molecular flexibility index (Phi) is 6.24. The van der Waals surface area contributed by atoms with Crippen molar-refractivity contribution in [2.75, 3.05) is 52.9 Å². The summed E-state index contributed by atoms with van der Waals surface area (Å²) >= 11 is 0. The number of piperazine rings is 1. The molecule has 0 aliphatic carbocycles. The molecule has 5 heteroatoms. The van der Waals surface area contributed by atoms with Gasteiger partial charge >= 0.3 is 0 Å². The van der Waals surface area contributed by atoms with E-state index in [-0.39, 0.29) is 0 Å².